The molecule has 1 aliphatic heterocycles. The molecule has 1 saturated heterocycles. The van der Waals surface area contributed by atoms with Gasteiger partial charge in [0.25, 0.3) is 5.91 Å². The largest absolute Gasteiger partial charge is 0.350 e. The van der Waals surface area contributed by atoms with E-state index in [9.17, 15) is 13.2 Å². The number of nitrogens with one attached hydrogen (secondary N) is 1. The van der Waals surface area contributed by atoms with Gasteiger partial charge in [-0.3, -0.25) is 9.69 Å². The minimum Gasteiger partial charge on any atom is -0.350 e. The Balaban J connectivity index is 1.44. The van der Waals surface area contributed by atoms with Gasteiger partial charge in [0, 0.05) is 49.9 Å². The van der Waals surface area contributed by atoms with E-state index in [-0.39, 0.29) is 16.8 Å². The van der Waals surface area contributed by atoms with Crippen molar-refractivity contribution in [2.75, 3.05) is 26.2 Å². The molecule has 1 fully saturated rings. The third kappa shape index (κ3) is 5.06. The molecule has 0 radical (unpaired) electrons. The highest BCUT2D eigenvalue weighted by Crippen LogP contribution is 2.22. The highest BCUT2D eigenvalue weighted by Gasteiger charge is 2.29. The van der Waals surface area contributed by atoms with Crippen LogP contribution in [0.25, 0.3) is 11.0 Å². The van der Waals surface area contributed by atoms with Gasteiger partial charge in [0.2, 0.25) is 10.0 Å². The van der Waals surface area contributed by atoms with Crippen molar-refractivity contribution in [3.8, 4) is 0 Å². The highest BCUT2D eigenvalue weighted by atomic mass is 35.5. The number of carbonyl (C=O) groups is 1. The fourth-order valence-corrected chi connectivity index (χ4v) is 5.51. The van der Waals surface area contributed by atoms with Crippen molar-refractivity contribution in [1.82, 2.24) is 24.1 Å². The summed E-state index contributed by atoms with van der Waals surface area (Å²) < 4.78 is 29.3. The first kappa shape index (κ1) is 23.7. The van der Waals surface area contributed by atoms with Crippen molar-refractivity contribution in [2.24, 2.45) is 7.05 Å². The molecule has 1 amide bonds. The minimum absolute atomic E-state index is 0.0645. The van der Waals surface area contributed by atoms with Crippen LogP contribution in [0.4, 0.5) is 0 Å². The van der Waals surface area contributed by atoms with Gasteiger partial charge in [0.05, 0.1) is 22.5 Å². The van der Waals surface area contributed by atoms with Crippen molar-refractivity contribution < 1.29 is 13.2 Å². The second-order valence-corrected chi connectivity index (χ2v) is 10.9. The van der Waals surface area contributed by atoms with Crippen molar-refractivity contribution in [2.45, 2.75) is 31.3 Å². The number of amides is 1. The first-order valence-electron chi connectivity index (χ1n) is 10.9. The summed E-state index contributed by atoms with van der Waals surface area (Å²) in [6.07, 6.45) is 0. The molecule has 10 heteroatoms. The summed E-state index contributed by atoms with van der Waals surface area (Å²) in [7, 11) is -1.58. The normalized spacial score (nSPS) is 15.9. The van der Waals surface area contributed by atoms with Crippen molar-refractivity contribution in [3.05, 3.63) is 58.9 Å². The zero-order chi connectivity index (χ0) is 23.8. The maximum Gasteiger partial charge on any atom is 0.251 e. The molecular weight excluding hydrogens is 462 g/mol. The van der Waals surface area contributed by atoms with E-state index >= 15 is 0 Å². The lowest BCUT2D eigenvalue weighted by Crippen LogP contribution is -2.48. The first-order valence-corrected chi connectivity index (χ1v) is 12.7. The molecule has 1 N–H and O–H groups in total. The Kier molecular flexibility index (Phi) is 6.76. The van der Waals surface area contributed by atoms with Crippen LogP contribution in [0, 0.1) is 0 Å². The smallest absolute Gasteiger partial charge is 0.251 e. The zero-order valence-corrected chi connectivity index (χ0v) is 20.5. The molecule has 0 saturated carbocycles. The van der Waals surface area contributed by atoms with Crippen LogP contribution in [0.5, 0.6) is 0 Å². The van der Waals surface area contributed by atoms with E-state index in [4.69, 9.17) is 16.6 Å². The molecule has 0 spiro atoms. The minimum atomic E-state index is -3.54. The van der Waals surface area contributed by atoms with E-state index < -0.39 is 10.0 Å². The van der Waals surface area contributed by atoms with Gasteiger partial charge in [0.1, 0.15) is 5.82 Å². The van der Waals surface area contributed by atoms with Gasteiger partial charge >= 0.3 is 0 Å². The number of rotatable bonds is 6. The van der Waals surface area contributed by atoms with Crippen LogP contribution in [-0.2, 0) is 23.6 Å². The Morgan fingerprint density at radius 1 is 1.09 bits per heavy atom. The predicted molar refractivity (Wildman–Crippen MR) is 129 cm³/mol. The molecule has 8 nitrogen and oxygen atoms in total. The van der Waals surface area contributed by atoms with Crippen LogP contribution < -0.4 is 5.32 Å². The highest BCUT2D eigenvalue weighted by molar-refractivity contribution is 7.89. The number of hydrogen-bond donors (Lipinski definition) is 1. The van der Waals surface area contributed by atoms with Crippen LogP contribution in [0.15, 0.2) is 47.4 Å². The molecule has 1 aromatic heterocycles. The fraction of sp³-hybridized carbons (Fsp3) is 0.391. The lowest BCUT2D eigenvalue weighted by molar-refractivity contribution is 0.0943. The van der Waals surface area contributed by atoms with Crippen LogP contribution in [0.1, 0.15) is 30.0 Å². The molecule has 4 rings (SSSR count). The van der Waals surface area contributed by atoms with Gasteiger partial charge in [-0.15, -0.1) is 0 Å². The topological polar surface area (TPSA) is 87.5 Å². The van der Waals surface area contributed by atoms with Gasteiger partial charge < -0.3 is 9.88 Å². The second kappa shape index (κ2) is 9.42. The molecule has 0 bridgehead atoms. The Morgan fingerprint density at radius 2 is 1.76 bits per heavy atom. The molecule has 0 atom stereocenters. The molecule has 33 heavy (non-hydrogen) atoms. The van der Waals surface area contributed by atoms with E-state index in [2.05, 4.69) is 10.2 Å². The second-order valence-electron chi connectivity index (χ2n) is 8.55. The number of fused-ring (bicyclic) bond motifs is 1. The van der Waals surface area contributed by atoms with E-state index in [0.717, 1.165) is 16.9 Å². The number of carbonyl (C=O) groups excluding carboxylic acids is 1. The quantitative estimate of drug-likeness (QED) is 0.575. The Hall–Kier alpha value is -2.46. The molecule has 1 aliphatic rings. The van der Waals surface area contributed by atoms with Crippen LogP contribution in [0.3, 0.4) is 0 Å². The average molecular weight is 490 g/mol. The van der Waals surface area contributed by atoms with Crippen LogP contribution in [0.2, 0.25) is 5.02 Å². The summed E-state index contributed by atoms with van der Waals surface area (Å²) in [5.41, 5.74) is 2.31. The SMILES string of the molecule is CC(C)NC(=O)c1ccc2c(c1)nc(CN1CCN(S(=O)(=O)c3ccc(Cl)cc3)CC1)n2C. The summed E-state index contributed by atoms with van der Waals surface area (Å²) in [6.45, 7) is 6.50. The molecule has 2 aromatic carbocycles. The van der Waals surface area contributed by atoms with Crippen LogP contribution >= 0.6 is 11.6 Å². The summed E-state index contributed by atoms with van der Waals surface area (Å²) in [5, 5.41) is 3.41. The fourth-order valence-electron chi connectivity index (χ4n) is 3.96. The number of sulfonamides is 1. The maximum atomic E-state index is 12.9. The summed E-state index contributed by atoms with van der Waals surface area (Å²) in [5.74, 6) is 0.762. The van der Waals surface area contributed by atoms with Gasteiger partial charge in [-0.05, 0) is 56.3 Å². The van der Waals surface area contributed by atoms with E-state index in [1.54, 1.807) is 24.3 Å². The Morgan fingerprint density at radius 3 is 2.39 bits per heavy atom. The van der Waals surface area contributed by atoms with E-state index in [1.807, 2.05) is 43.7 Å². The Bertz CT molecular complexity index is 1260. The number of aromatic nitrogens is 2. The predicted octanol–water partition coefficient (Wildman–Crippen LogP) is 2.87. The third-order valence-electron chi connectivity index (χ3n) is 5.80. The molecule has 0 unspecified atom stereocenters. The lowest BCUT2D eigenvalue weighted by atomic mass is 10.2. The number of halogens is 1. The Labute approximate surface area is 199 Å². The molecule has 3 aromatic rings. The number of aryl methyl sites for hydroxylation is 1. The number of nitrogens with zero attached hydrogens (tertiary/aromatic N) is 4. The average Bonchev–Trinajstić information content (AvgIpc) is 3.08. The van der Waals surface area contributed by atoms with Gasteiger partial charge in [0.15, 0.2) is 0 Å². The standard InChI is InChI=1S/C23H28ClN5O3S/c1-16(2)25-23(30)17-4-9-21-20(14-17)26-22(27(21)3)15-28-10-12-29(13-11-28)33(31,32)19-7-5-18(24)6-8-19/h4-9,14,16H,10-13,15H2,1-3H3,(H,25,30). The summed E-state index contributed by atoms with van der Waals surface area (Å²) >= 11 is 5.89. The molecule has 0 aliphatic carbocycles. The number of piperazine rings is 1. The monoisotopic (exact) mass is 489 g/mol. The van der Waals surface area contributed by atoms with Gasteiger partial charge in [-0.1, -0.05) is 11.6 Å². The third-order valence-corrected chi connectivity index (χ3v) is 7.97. The van der Waals surface area contributed by atoms with E-state index in [0.29, 0.717) is 43.3 Å². The number of benzene rings is 2. The molecule has 176 valence electrons. The van der Waals surface area contributed by atoms with Crippen molar-refractivity contribution in [1.29, 1.82) is 0 Å². The number of imidazole rings is 1. The van der Waals surface area contributed by atoms with Gasteiger partial charge in [-0.25, -0.2) is 13.4 Å². The van der Waals surface area contributed by atoms with Crippen molar-refractivity contribution >= 4 is 38.6 Å². The first-order chi connectivity index (χ1) is 15.6. The summed E-state index contributed by atoms with van der Waals surface area (Å²) in [4.78, 5) is 19.5. The van der Waals surface area contributed by atoms with Crippen molar-refractivity contribution in [3.63, 3.8) is 0 Å². The van der Waals surface area contributed by atoms with Crippen LogP contribution in [-0.4, -0.2) is 65.3 Å². The summed E-state index contributed by atoms with van der Waals surface area (Å²) in [6, 6.07) is 11.9. The number of hydrogen-bond acceptors (Lipinski definition) is 5. The lowest BCUT2D eigenvalue weighted by Gasteiger charge is -2.33. The van der Waals surface area contributed by atoms with E-state index in [1.165, 1.54) is 4.31 Å². The maximum absolute atomic E-state index is 12.9. The molecular formula is C23H28ClN5O3S. The van der Waals surface area contributed by atoms with Gasteiger partial charge in [-0.2, -0.15) is 4.31 Å². The molecule has 2 heterocycles. The zero-order valence-electron chi connectivity index (χ0n) is 19.0.